The zero-order valence-corrected chi connectivity index (χ0v) is 12.4. The van der Waals surface area contributed by atoms with Crippen molar-refractivity contribution in [3.8, 4) is 0 Å². The molecular weight excluding hydrogens is 304 g/mol. The summed E-state index contributed by atoms with van der Waals surface area (Å²) >= 11 is 0. The Labute approximate surface area is 133 Å². The van der Waals surface area contributed by atoms with Crippen LogP contribution in [0.4, 0.5) is 0 Å². The molecule has 0 saturated carbocycles. The SMILES string of the molecule is O=C1CC[C@H](O[C@@H]2O[C@H](CO)[C@H](O)[C@H](O)[C@H]2O)c2ccccc21. The molecule has 7 nitrogen and oxygen atoms in total. The minimum atomic E-state index is -1.48. The number of aliphatic hydroxyl groups excluding tert-OH is 4. The summed E-state index contributed by atoms with van der Waals surface area (Å²) in [5.74, 6) is 0.0363. The van der Waals surface area contributed by atoms with Crippen LogP contribution in [0.25, 0.3) is 0 Å². The Kier molecular flexibility index (Phi) is 4.77. The first kappa shape index (κ1) is 16.5. The van der Waals surface area contributed by atoms with E-state index in [0.29, 0.717) is 24.0 Å². The highest BCUT2D eigenvalue weighted by molar-refractivity contribution is 5.98. The lowest BCUT2D eigenvalue weighted by Crippen LogP contribution is -2.59. The van der Waals surface area contributed by atoms with Gasteiger partial charge < -0.3 is 29.9 Å². The van der Waals surface area contributed by atoms with Crippen LogP contribution in [0, 0.1) is 0 Å². The van der Waals surface area contributed by atoms with E-state index in [1.165, 1.54) is 0 Å². The van der Waals surface area contributed by atoms with Gasteiger partial charge in [-0.2, -0.15) is 0 Å². The maximum Gasteiger partial charge on any atom is 0.187 e. The summed E-state index contributed by atoms with van der Waals surface area (Å²) in [4.78, 5) is 11.9. The zero-order valence-electron chi connectivity index (χ0n) is 12.4. The van der Waals surface area contributed by atoms with Gasteiger partial charge in [0.1, 0.15) is 24.4 Å². The summed E-state index contributed by atoms with van der Waals surface area (Å²) in [6.07, 6.45) is -6.27. The summed E-state index contributed by atoms with van der Waals surface area (Å²) in [6, 6.07) is 7.07. The van der Waals surface area contributed by atoms with Crippen LogP contribution in [-0.2, 0) is 9.47 Å². The molecule has 0 amide bonds. The average molecular weight is 324 g/mol. The van der Waals surface area contributed by atoms with Crippen LogP contribution in [0.15, 0.2) is 24.3 Å². The Morgan fingerprint density at radius 2 is 1.87 bits per heavy atom. The third-order valence-corrected chi connectivity index (χ3v) is 4.39. The fraction of sp³-hybridized carbons (Fsp3) is 0.562. The number of fused-ring (bicyclic) bond motifs is 1. The second-order valence-electron chi connectivity index (χ2n) is 5.87. The van der Waals surface area contributed by atoms with E-state index in [1.807, 2.05) is 0 Å². The van der Waals surface area contributed by atoms with E-state index < -0.39 is 43.4 Å². The lowest BCUT2D eigenvalue weighted by Gasteiger charge is -2.41. The van der Waals surface area contributed by atoms with Gasteiger partial charge in [0.05, 0.1) is 12.7 Å². The van der Waals surface area contributed by atoms with E-state index in [1.54, 1.807) is 24.3 Å². The molecule has 23 heavy (non-hydrogen) atoms. The Bertz CT molecular complexity index is 573. The molecule has 126 valence electrons. The number of ether oxygens (including phenoxy) is 2. The Morgan fingerprint density at radius 1 is 1.13 bits per heavy atom. The fourth-order valence-corrected chi connectivity index (χ4v) is 3.07. The van der Waals surface area contributed by atoms with Crippen LogP contribution in [0.2, 0.25) is 0 Å². The topological polar surface area (TPSA) is 116 Å². The van der Waals surface area contributed by atoms with Gasteiger partial charge in [-0.25, -0.2) is 0 Å². The van der Waals surface area contributed by atoms with Gasteiger partial charge in [0.25, 0.3) is 0 Å². The largest absolute Gasteiger partial charge is 0.394 e. The third-order valence-electron chi connectivity index (χ3n) is 4.39. The number of rotatable bonds is 3. The van der Waals surface area contributed by atoms with E-state index in [4.69, 9.17) is 9.47 Å². The summed E-state index contributed by atoms with van der Waals surface area (Å²) in [7, 11) is 0. The molecule has 3 rings (SSSR count). The molecule has 0 aromatic heterocycles. The van der Waals surface area contributed by atoms with Gasteiger partial charge >= 0.3 is 0 Å². The van der Waals surface area contributed by atoms with E-state index in [9.17, 15) is 25.2 Å². The van der Waals surface area contributed by atoms with Gasteiger partial charge in [-0.3, -0.25) is 4.79 Å². The third kappa shape index (κ3) is 3.03. The molecule has 1 aromatic rings. The Hall–Kier alpha value is -1.35. The van der Waals surface area contributed by atoms with Gasteiger partial charge in [0.15, 0.2) is 12.1 Å². The number of carbonyl (C=O) groups is 1. The van der Waals surface area contributed by atoms with Crippen molar-refractivity contribution in [2.75, 3.05) is 6.61 Å². The van der Waals surface area contributed by atoms with Gasteiger partial charge in [0.2, 0.25) is 0 Å². The molecule has 0 radical (unpaired) electrons. The number of aliphatic hydroxyl groups is 4. The lowest BCUT2D eigenvalue weighted by atomic mass is 9.88. The van der Waals surface area contributed by atoms with Gasteiger partial charge in [0, 0.05) is 12.0 Å². The van der Waals surface area contributed by atoms with Crippen LogP contribution in [0.1, 0.15) is 34.9 Å². The van der Waals surface area contributed by atoms with Gasteiger partial charge in [-0.05, 0) is 12.0 Å². The number of ketones is 1. The highest BCUT2D eigenvalue weighted by Crippen LogP contribution is 2.35. The summed E-state index contributed by atoms with van der Waals surface area (Å²) in [5, 5.41) is 38.8. The molecule has 6 atom stereocenters. The summed E-state index contributed by atoms with van der Waals surface area (Å²) < 4.78 is 11.1. The van der Waals surface area contributed by atoms with Crippen LogP contribution in [-0.4, -0.2) is 63.5 Å². The molecular formula is C16H20O7. The molecule has 4 N–H and O–H groups in total. The predicted octanol–water partition coefficient (Wildman–Crippen LogP) is -0.479. The van der Waals surface area contributed by atoms with Crippen molar-refractivity contribution in [1.82, 2.24) is 0 Å². The van der Waals surface area contributed by atoms with Gasteiger partial charge in [-0.1, -0.05) is 24.3 Å². The summed E-state index contributed by atoms with van der Waals surface area (Å²) in [6.45, 7) is -0.509. The fourth-order valence-electron chi connectivity index (χ4n) is 3.07. The van der Waals surface area contributed by atoms with Crippen molar-refractivity contribution in [1.29, 1.82) is 0 Å². The van der Waals surface area contributed by atoms with Crippen LogP contribution >= 0.6 is 0 Å². The van der Waals surface area contributed by atoms with Crippen molar-refractivity contribution >= 4 is 5.78 Å². The standard InChI is InChI=1S/C16H20O7/c17-7-12-13(19)14(20)15(21)16(23-12)22-11-6-5-10(18)8-3-1-2-4-9(8)11/h1-4,11-17,19-21H,5-7H2/t11-,12+,13-,14-,15+,16+/m0/s1. The van der Waals surface area contributed by atoms with Crippen LogP contribution < -0.4 is 0 Å². The number of hydrogen-bond donors (Lipinski definition) is 4. The molecule has 1 fully saturated rings. The molecule has 1 aliphatic heterocycles. The van der Waals surface area contributed by atoms with Crippen molar-refractivity contribution in [3.05, 3.63) is 35.4 Å². The zero-order chi connectivity index (χ0) is 16.6. The molecule has 7 heteroatoms. The van der Waals surface area contributed by atoms with Crippen LogP contribution in [0.3, 0.4) is 0 Å². The molecule has 0 spiro atoms. The van der Waals surface area contributed by atoms with E-state index in [2.05, 4.69) is 0 Å². The number of Topliss-reactive ketones (excluding diaryl/α,β-unsaturated/α-hetero) is 1. The van der Waals surface area contributed by atoms with Crippen LogP contribution in [0.5, 0.6) is 0 Å². The molecule has 0 unspecified atom stereocenters. The van der Waals surface area contributed by atoms with Gasteiger partial charge in [-0.15, -0.1) is 0 Å². The van der Waals surface area contributed by atoms with Crippen molar-refractivity contribution in [2.24, 2.45) is 0 Å². The summed E-state index contributed by atoms with van der Waals surface area (Å²) in [5.41, 5.74) is 1.29. The second kappa shape index (κ2) is 6.64. The molecule has 1 aliphatic carbocycles. The predicted molar refractivity (Wildman–Crippen MR) is 77.6 cm³/mol. The average Bonchev–Trinajstić information content (AvgIpc) is 2.58. The number of benzene rings is 1. The van der Waals surface area contributed by atoms with Crippen molar-refractivity contribution in [2.45, 2.75) is 49.7 Å². The van der Waals surface area contributed by atoms with E-state index in [0.717, 1.165) is 0 Å². The minimum Gasteiger partial charge on any atom is -0.394 e. The van der Waals surface area contributed by atoms with Crippen molar-refractivity contribution < 1.29 is 34.7 Å². The first-order valence-corrected chi connectivity index (χ1v) is 7.61. The highest BCUT2D eigenvalue weighted by atomic mass is 16.7. The number of carbonyl (C=O) groups excluding carboxylic acids is 1. The second-order valence-corrected chi connectivity index (χ2v) is 5.87. The van der Waals surface area contributed by atoms with E-state index in [-0.39, 0.29) is 5.78 Å². The maximum absolute atomic E-state index is 11.9. The quantitative estimate of drug-likeness (QED) is 0.593. The first-order chi connectivity index (χ1) is 11.0. The molecule has 1 aromatic carbocycles. The van der Waals surface area contributed by atoms with Crippen molar-refractivity contribution in [3.63, 3.8) is 0 Å². The molecule has 1 saturated heterocycles. The normalized spacial score (nSPS) is 37.5. The molecule has 2 aliphatic rings. The Morgan fingerprint density at radius 3 is 2.61 bits per heavy atom. The monoisotopic (exact) mass is 324 g/mol. The highest BCUT2D eigenvalue weighted by Gasteiger charge is 2.45. The maximum atomic E-state index is 11.9. The smallest absolute Gasteiger partial charge is 0.187 e. The molecule has 0 bridgehead atoms. The Balaban J connectivity index is 1.79. The first-order valence-electron chi connectivity index (χ1n) is 7.61. The lowest BCUT2D eigenvalue weighted by molar-refractivity contribution is -0.313. The minimum absolute atomic E-state index is 0.0363. The van der Waals surface area contributed by atoms with E-state index >= 15 is 0 Å². The molecule has 1 heterocycles. The number of hydrogen-bond acceptors (Lipinski definition) is 7.